The van der Waals surface area contributed by atoms with E-state index in [4.69, 9.17) is 11.6 Å². The monoisotopic (exact) mass is 458 g/mol. The quantitative estimate of drug-likeness (QED) is 0.385. The van der Waals surface area contributed by atoms with Crippen LogP contribution in [0.2, 0.25) is 0 Å². The Balaban J connectivity index is 1.66. The lowest BCUT2D eigenvalue weighted by Crippen LogP contribution is -2.39. The largest absolute Gasteiger partial charge is 0.364 e. The lowest BCUT2D eigenvalue weighted by atomic mass is 10.0. The maximum absolute atomic E-state index is 12.6. The van der Waals surface area contributed by atoms with Crippen molar-refractivity contribution >= 4 is 23.4 Å². The molecule has 0 bridgehead atoms. The van der Waals surface area contributed by atoms with E-state index in [2.05, 4.69) is 16.9 Å². The Morgan fingerprint density at radius 3 is 2.41 bits per heavy atom. The zero-order valence-electron chi connectivity index (χ0n) is 18.6. The Morgan fingerprint density at radius 1 is 1.06 bits per heavy atom. The van der Waals surface area contributed by atoms with Crippen molar-refractivity contribution < 1.29 is 14.4 Å². The molecule has 0 aliphatic carbocycles. The van der Waals surface area contributed by atoms with Crippen LogP contribution in [0.4, 0.5) is 5.69 Å². The Morgan fingerprint density at radius 2 is 1.76 bits per heavy atom. The van der Waals surface area contributed by atoms with Crippen molar-refractivity contribution in [2.24, 2.45) is 5.73 Å². The second kappa shape index (κ2) is 9.62. The number of nitrogens with zero attached hydrogens (tertiary/aromatic N) is 3. The second-order valence-corrected chi connectivity index (χ2v) is 8.05. The summed E-state index contributed by atoms with van der Waals surface area (Å²) in [5, 5.41) is 2.83. The van der Waals surface area contributed by atoms with E-state index in [1.165, 1.54) is 10.8 Å². The number of benzene rings is 2. The SMILES string of the molecule is C=CC(=O)N1CCCC[C@H]1c1nc(-c2ccc(C(=O)Nc3ccccc3)cc2)c(C(N)=O)n1N. The molecular weight excluding hydrogens is 432 g/mol. The highest BCUT2D eigenvalue weighted by Gasteiger charge is 2.33. The number of primary amides is 1. The Bertz CT molecular complexity index is 1230. The molecule has 1 aliphatic heterocycles. The molecule has 1 atom stereocenters. The van der Waals surface area contributed by atoms with Gasteiger partial charge in [-0.25, -0.2) is 9.66 Å². The summed E-state index contributed by atoms with van der Waals surface area (Å²) >= 11 is 0. The number of carbonyl (C=O) groups is 3. The van der Waals surface area contributed by atoms with E-state index >= 15 is 0 Å². The minimum atomic E-state index is -0.737. The van der Waals surface area contributed by atoms with Crippen LogP contribution in [0, 0.1) is 0 Å². The molecule has 0 unspecified atom stereocenters. The number of likely N-dealkylation sites (tertiary alicyclic amines) is 1. The molecule has 2 heterocycles. The van der Waals surface area contributed by atoms with E-state index in [1.807, 2.05) is 18.2 Å². The number of nitrogens with two attached hydrogens (primary N) is 2. The molecule has 4 rings (SSSR count). The van der Waals surface area contributed by atoms with Gasteiger partial charge in [0.1, 0.15) is 5.69 Å². The number of nitrogen functional groups attached to an aromatic ring is 1. The van der Waals surface area contributed by atoms with Crippen molar-refractivity contribution in [3.8, 4) is 11.3 Å². The first-order chi connectivity index (χ1) is 16.4. The predicted octanol–water partition coefficient (Wildman–Crippen LogP) is 2.85. The topological polar surface area (TPSA) is 136 Å². The van der Waals surface area contributed by atoms with Crippen LogP contribution >= 0.6 is 0 Å². The number of hydrogen-bond acceptors (Lipinski definition) is 5. The Hall–Kier alpha value is -4.40. The highest BCUT2D eigenvalue weighted by molar-refractivity contribution is 6.04. The van der Waals surface area contributed by atoms with Crippen LogP contribution < -0.4 is 16.9 Å². The van der Waals surface area contributed by atoms with Crippen molar-refractivity contribution in [3.05, 3.63) is 84.3 Å². The maximum Gasteiger partial charge on any atom is 0.269 e. The van der Waals surface area contributed by atoms with E-state index in [-0.39, 0.29) is 17.5 Å². The summed E-state index contributed by atoms with van der Waals surface area (Å²) in [6, 6.07) is 15.4. The van der Waals surface area contributed by atoms with Gasteiger partial charge in [-0.2, -0.15) is 0 Å². The van der Waals surface area contributed by atoms with Crippen molar-refractivity contribution in [2.45, 2.75) is 25.3 Å². The van der Waals surface area contributed by atoms with E-state index in [0.29, 0.717) is 41.3 Å². The molecule has 0 spiro atoms. The van der Waals surface area contributed by atoms with Crippen LogP contribution in [0.15, 0.2) is 67.3 Å². The number of hydrogen-bond donors (Lipinski definition) is 3. The summed E-state index contributed by atoms with van der Waals surface area (Å²) in [7, 11) is 0. The number of carbonyl (C=O) groups excluding carboxylic acids is 3. The molecule has 9 heteroatoms. The van der Waals surface area contributed by atoms with Gasteiger partial charge in [-0.3, -0.25) is 14.4 Å². The molecular formula is C25H26N6O3. The molecule has 34 heavy (non-hydrogen) atoms. The summed E-state index contributed by atoms with van der Waals surface area (Å²) in [4.78, 5) is 43.5. The fourth-order valence-corrected chi connectivity index (χ4v) is 4.21. The fraction of sp³-hybridized carbons (Fsp3) is 0.200. The molecule has 3 aromatic rings. The van der Waals surface area contributed by atoms with Crippen LogP contribution in [0.5, 0.6) is 0 Å². The third kappa shape index (κ3) is 4.40. The Labute approximate surface area is 197 Å². The zero-order valence-corrected chi connectivity index (χ0v) is 18.6. The zero-order chi connectivity index (χ0) is 24.2. The molecule has 1 aromatic heterocycles. The van der Waals surface area contributed by atoms with Crippen LogP contribution in [0.1, 0.15) is 52.0 Å². The summed E-state index contributed by atoms with van der Waals surface area (Å²) in [6.07, 6.45) is 3.68. The van der Waals surface area contributed by atoms with Gasteiger partial charge in [0.2, 0.25) is 5.91 Å². The van der Waals surface area contributed by atoms with Gasteiger partial charge in [-0.15, -0.1) is 0 Å². The predicted molar refractivity (Wildman–Crippen MR) is 129 cm³/mol. The van der Waals surface area contributed by atoms with Gasteiger partial charge in [-0.05, 0) is 49.6 Å². The summed E-state index contributed by atoms with van der Waals surface area (Å²) in [5.74, 6) is 5.43. The highest BCUT2D eigenvalue weighted by Crippen LogP contribution is 2.33. The maximum atomic E-state index is 12.6. The lowest BCUT2D eigenvalue weighted by molar-refractivity contribution is -0.129. The third-order valence-corrected chi connectivity index (χ3v) is 5.88. The molecule has 9 nitrogen and oxygen atoms in total. The molecule has 174 valence electrons. The molecule has 3 amide bonds. The molecule has 1 fully saturated rings. The van der Waals surface area contributed by atoms with Gasteiger partial charge >= 0.3 is 0 Å². The van der Waals surface area contributed by atoms with Gasteiger partial charge in [0.25, 0.3) is 11.8 Å². The fourth-order valence-electron chi connectivity index (χ4n) is 4.21. The van der Waals surface area contributed by atoms with Crippen molar-refractivity contribution in [1.82, 2.24) is 14.6 Å². The van der Waals surface area contributed by atoms with Gasteiger partial charge < -0.3 is 21.8 Å². The minimum absolute atomic E-state index is 0.0352. The highest BCUT2D eigenvalue weighted by atomic mass is 16.2. The second-order valence-electron chi connectivity index (χ2n) is 8.05. The average Bonchev–Trinajstić information content (AvgIpc) is 3.21. The Kier molecular flexibility index (Phi) is 6.44. The van der Waals surface area contributed by atoms with E-state index in [1.54, 1.807) is 41.3 Å². The molecule has 0 radical (unpaired) electrons. The molecule has 1 saturated heterocycles. The van der Waals surface area contributed by atoms with Crippen molar-refractivity contribution in [3.63, 3.8) is 0 Å². The van der Waals surface area contributed by atoms with Crippen LogP contribution in [0.3, 0.4) is 0 Å². The summed E-state index contributed by atoms with van der Waals surface area (Å²) in [6.45, 7) is 4.13. The number of amides is 3. The number of imidazole rings is 1. The molecule has 0 saturated carbocycles. The van der Waals surface area contributed by atoms with E-state index in [9.17, 15) is 14.4 Å². The van der Waals surface area contributed by atoms with Crippen LogP contribution in [-0.4, -0.2) is 38.8 Å². The first kappa shape index (κ1) is 22.8. The summed E-state index contributed by atoms with van der Waals surface area (Å²) < 4.78 is 1.17. The number of nitrogens with one attached hydrogen (secondary N) is 1. The van der Waals surface area contributed by atoms with Crippen LogP contribution in [-0.2, 0) is 4.79 Å². The molecule has 2 aromatic carbocycles. The molecule has 1 aliphatic rings. The van der Waals surface area contributed by atoms with Gasteiger partial charge in [0, 0.05) is 23.4 Å². The van der Waals surface area contributed by atoms with Crippen LogP contribution in [0.25, 0.3) is 11.3 Å². The minimum Gasteiger partial charge on any atom is -0.364 e. The number of piperidine rings is 1. The molecule has 5 N–H and O–H groups in total. The number of aromatic nitrogens is 2. The van der Waals surface area contributed by atoms with E-state index < -0.39 is 11.9 Å². The summed E-state index contributed by atoms with van der Waals surface area (Å²) in [5.41, 5.74) is 7.68. The van der Waals surface area contributed by atoms with Gasteiger partial charge in [0.15, 0.2) is 11.5 Å². The smallest absolute Gasteiger partial charge is 0.269 e. The normalized spacial score (nSPS) is 15.5. The average molecular weight is 459 g/mol. The number of anilines is 1. The standard InChI is InChI=1S/C25H26N6O3/c1-2-20(32)30-15-7-6-10-19(30)24-29-21(22(23(26)33)31(24)27)16-11-13-17(14-12-16)25(34)28-18-8-4-3-5-9-18/h2-5,8-9,11-14,19H,1,6-7,10,15,27H2,(H2,26,33)(H,28,34)/t19-/m0/s1. The van der Waals surface area contributed by atoms with Crippen molar-refractivity contribution in [1.29, 1.82) is 0 Å². The van der Waals surface area contributed by atoms with Gasteiger partial charge in [0.05, 0.1) is 6.04 Å². The first-order valence-corrected chi connectivity index (χ1v) is 11.0. The lowest BCUT2D eigenvalue weighted by Gasteiger charge is -2.34. The number of para-hydroxylation sites is 1. The number of rotatable bonds is 6. The van der Waals surface area contributed by atoms with Gasteiger partial charge in [-0.1, -0.05) is 36.9 Å². The van der Waals surface area contributed by atoms with Crippen molar-refractivity contribution in [2.75, 3.05) is 17.7 Å². The van der Waals surface area contributed by atoms with E-state index in [0.717, 1.165) is 12.8 Å². The third-order valence-electron chi connectivity index (χ3n) is 5.88. The first-order valence-electron chi connectivity index (χ1n) is 11.0.